The SMILES string of the molecule is Cc1cc(Nc2ncnc3sc4c(c23)CCN(C(=O)/C=C/CN(C)C)CC4)ccc1Oc1ccc(CO)nc1. The second-order valence-corrected chi connectivity index (χ2v) is 10.8. The lowest BCUT2D eigenvalue weighted by molar-refractivity contribution is -0.125. The molecule has 0 saturated carbocycles. The van der Waals surface area contributed by atoms with Crippen molar-refractivity contribution < 1.29 is 14.6 Å². The summed E-state index contributed by atoms with van der Waals surface area (Å²) in [7, 11) is 3.97. The third-order valence-electron chi connectivity index (χ3n) is 6.58. The number of aryl methyl sites for hydroxylation is 1. The van der Waals surface area contributed by atoms with Crippen molar-refractivity contribution >= 4 is 39.0 Å². The summed E-state index contributed by atoms with van der Waals surface area (Å²) >= 11 is 1.69. The molecule has 1 aliphatic rings. The molecule has 0 spiro atoms. The molecule has 2 N–H and O–H groups in total. The Balaban J connectivity index is 1.33. The molecular weight excluding hydrogens is 512 g/mol. The van der Waals surface area contributed by atoms with Crippen molar-refractivity contribution in [2.45, 2.75) is 26.4 Å². The minimum absolute atomic E-state index is 0.0591. The molecule has 4 heterocycles. The van der Waals surface area contributed by atoms with E-state index >= 15 is 0 Å². The number of carbonyl (C=O) groups is 1. The van der Waals surface area contributed by atoms with Gasteiger partial charge in [0.1, 0.15) is 28.5 Å². The number of benzene rings is 1. The van der Waals surface area contributed by atoms with E-state index in [1.165, 1.54) is 10.4 Å². The van der Waals surface area contributed by atoms with Gasteiger partial charge >= 0.3 is 0 Å². The van der Waals surface area contributed by atoms with Crippen molar-refractivity contribution in [1.29, 1.82) is 0 Å². The first-order chi connectivity index (χ1) is 18.9. The number of amides is 1. The van der Waals surface area contributed by atoms with Crippen LogP contribution in [0.3, 0.4) is 0 Å². The van der Waals surface area contributed by atoms with Crippen LogP contribution in [0.4, 0.5) is 11.5 Å². The zero-order chi connectivity index (χ0) is 27.4. The molecule has 0 fully saturated rings. The number of aliphatic hydroxyl groups is 1. The lowest BCUT2D eigenvalue weighted by Gasteiger charge is -2.18. The second kappa shape index (κ2) is 11.9. The number of ether oxygens (including phenoxy) is 1. The first kappa shape index (κ1) is 26.7. The quantitative estimate of drug-likeness (QED) is 0.313. The normalized spacial score (nSPS) is 13.6. The maximum atomic E-state index is 12.7. The summed E-state index contributed by atoms with van der Waals surface area (Å²) in [6, 6.07) is 9.42. The molecule has 5 rings (SSSR count). The number of nitrogens with zero attached hydrogens (tertiary/aromatic N) is 5. The molecular formula is C29H32N6O3S. The fourth-order valence-corrected chi connectivity index (χ4v) is 5.73. The number of hydrogen-bond acceptors (Lipinski definition) is 9. The highest BCUT2D eigenvalue weighted by Crippen LogP contribution is 2.37. The molecule has 0 bridgehead atoms. The Morgan fingerprint density at radius 2 is 2.03 bits per heavy atom. The highest BCUT2D eigenvalue weighted by molar-refractivity contribution is 7.19. The number of thiophene rings is 1. The van der Waals surface area contributed by atoms with Crippen LogP contribution in [0.15, 0.2) is 55.0 Å². The standard InChI is InChI=1S/C29H32N6O3S/c1-19-15-20(7-9-24(19)38-22-8-6-21(17-36)30-16-22)33-28-27-23-10-13-35(26(37)5-4-12-34(2)3)14-11-25(23)39-29(27)32-18-31-28/h4-9,15-16,18,36H,10-14,17H2,1-3H3,(H,31,32,33)/b5-4+. The molecule has 4 aromatic rings. The van der Waals surface area contributed by atoms with Gasteiger partial charge < -0.3 is 25.0 Å². The lowest BCUT2D eigenvalue weighted by Crippen LogP contribution is -2.32. The number of aliphatic hydroxyl groups excluding tert-OH is 1. The van der Waals surface area contributed by atoms with Crippen LogP contribution in [-0.4, -0.2) is 69.5 Å². The number of aromatic nitrogens is 3. The van der Waals surface area contributed by atoms with Gasteiger partial charge in [0, 0.05) is 36.3 Å². The van der Waals surface area contributed by atoms with Crippen LogP contribution < -0.4 is 10.1 Å². The van der Waals surface area contributed by atoms with Crippen LogP contribution >= 0.6 is 11.3 Å². The van der Waals surface area contributed by atoms with Gasteiger partial charge in [0.15, 0.2) is 0 Å². The molecule has 0 radical (unpaired) electrons. The summed E-state index contributed by atoms with van der Waals surface area (Å²) in [5.41, 5.74) is 3.67. The van der Waals surface area contributed by atoms with Crippen LogP contribution in [0.2, 0.25) is 0 Å². The number of hydrogen-bond donors (Lipinski definition) is 2. The fourth-order valence-electron chi connectivity index (χ4n) is 4.55. The molecule has 1 amide bonds. The van der Waals surface area contributed by atoms with E-state index in [2.05, 4.69) is 20.3 Å². The zero-order valence-corrected chi connectivity index (χ0v) is 23.2. The fraction of sp³-hybridized carbons (Fsp3) is 0.310. The van der Waals surface area contributed by atoms with Gasteiger partial charge in [-0.1, -0.05) is 6.08 Å². The van der Waals surface area contributed by atoms with E-state index in [0.717, 1.165) is 52.4 Å². The highest BCUT2D eigenvalue weighted by atomic mass is 32.1. The van der Waals surface area contributed by atoms with E-state index in [0.29, 0.717) is 24.5 Å². The van der Waals surface area contributed by atoms with Crippen LogP contribution in [-0.2, 0) is 24.2 Å². The Morgan fingerprint density at radius 3 is 2.77 bits per heavy atom. The second-order valence-electron chi connectivity index (χ2n) is 9.75. The molecule has 0 aliphatic carbocycles. The number of nitrogens with one attached hydrogen (secondary N) is 1. The van der Waals surface area contributed by atoms with E-state index in [1.54, 1.807) is 42.1 Å². The molecule has 202 valence electrons. The summed E-state index contributed by atoms with van der Waals surface area (Å²) in [5.74, 6) is 2.15. The van der Waals surface area contributed by atoms with Gasteiger partial charge in [-0.3, -0.25) is 9.78 Å². The van der Waals surface area contributed by atoms with Crippen molar-refractivity contribution in [3.63, 3.8) is 0 Å². The van der Waals surface area contributed by atoms with Crippen LogP contribution in [0, 0.1) is 6.92 Å². The smallest absolute Gasteiger partial charge is 0.246 e. The van der Waals surface area contributed by atoms with Gasteiger partial charge in [-0.25, -0.2) is 9.97 Å². The minimum atomic E-state index is -0.103. The van der Waals surface area contributed by atoms with Gasteiger partial charge in [0.2, 0.25) is 5.91 Å². The Bertz CT molecular complexity index is 1500. The number of rotatable bonds is 8. The average Bonchev–Trinajstić information content (AvgIpc) is 3.15. The van der Waals surface area contributed by atoms with Gasteiger partial charge in [-0.15, -0.1) is 11.3 Å². The van der Waals surface area contributed by atoms with Crippen molar-refractivity contribution in [2.24, 2.45) is 0 Å². The Morgan fingerprint density at radius 1 is 1.18 bits per heavy atom. The van der Waals surface area contributed by atoms with E-state index in [9.17, 15) is 9.90 Å². The number of fused-ring (bicyclic) bond motifs is 3. The summed E-state index contributed by atoms with van der Waals surface area (Å²) < 4.78 is 5.99. The van der Waals surface area contributed by atoms with Crippen LogP contribution in [0.1, 0.15) is 21.7 Å². The summed E-state index contributed by atoms with van der Waals surface area (Å²) in [6.07, 6.45) is 8.37. The van der Waals surface area contributed by atoms with Crippen molar-refractivity contribution in [3.05, 3.63) is 76.7 Å². The molecule has 0 saturated heterocycles. The predicted octanol–water partition coefficient (Wildman–Crippen LogP) is 4.47. The number of carbonyl (C=O) groups excluding carboxylic acids is 1. The van der Waals surface area contributed by atoms with Gasteiger partial charge in [0.25, 0.3) is 0 Å². The van der Waals surface area contributed by atoms with Crippen molar-refractivity contribution in [3.8, 4) is 11.5 Å². The number of anilines is 2. The highest BCUT2D eigenvalue weighted by Gasteiger charge is 2.23. The monoisotopic (exact) mass is 544 g/mol. The van der Waals surface area contributed by atoms with Gasteiger partial charge in [0.05, 0.1) is 23.9 Å². The summed E-state index contributed by atoms with van der Waals surface area (Å²) in [4.78, 5) is 32.2. The molecule has 10 heteroatoms. The Labute approximate surface area is 231 Å². The van der Waals surface area contributed by atoms with Crippen molar-refractivity contribution in [1.82, 2.24) is 24.8 Å². The number of pyridine rings is 1. The molecule has 1 aromatic carbocycles. The number of likely N-dealkylation sites (N-methyl/N-ethyl adjacent to an activating group) is 1. The average molecular weight is 545 g/mol. The molecule has 9 nitrogen and oxygen atoms in total. The van der Waals surface area contributed by atoms with Crippen LogP contribution in [0.5, 0.6) is 11.5 Å². The zero-order valence-electron chi connectivity index (χ0n) is 22.3. The van der Waals surface area contributed by atoms with Crippen molar-refractivity contribution in [2.75, 3.05) is 39.0 Å². The molecule has 3 aromatic heterocycles. The largest absolute Gasteiger partial charge is 0.455 e. The predicted molar refractivity (Wildman–Crippen MR) is 154 cm³/mol. The molecule has 0 unspecified atom stereocenters. The third-order valence-corrected chi connectivity index (χ3v) is 7.78. The molecule has 1 aliphatic heterocycles. The van der Waals surface area contributed by atoms with E-state index in [-0.39, 0.29) is 12.5 Å². The molecule has 0 atom stereocenters. The van der Waals surface area contributed by atoms with Gasteiger partial charge in [-0.05, 0) is 75.3 Å². The topological polar surface area (TPSA) is 104 Å². The summed E-state index contributed by atoms with van der Waals surface area (Å²) in [6.45, 7) is 3.98. The third kappa shape index (κ3) is 6.25. The maximum Gasteiger partial charge on any atom is 0.246 e. The maximum absolute atomic E-state index is 12.7. The summed E-state index contributed by atoms with van der Waals surface area (Å²) in [5, 5.41) is 13.7. The van der Waals surface area contributed by atoms with E-state index in [4.69, 9.17) is 4.74 Å². The van der Waals surface area contributed by atoms with E-state index in [1.807, 2.05) is 55.1 Å². The first-order valence-corrected chi connectivity index (χ1v) is 13.7. The molecule has 39 heavy (non-hydrogen) atoms. The minimum Gasteiger partial charge on any atom is -0.455 e. The Hall–Kier alpha value is -3.86. The van der Waals surface area contributed by atoms with Crippen LogP contribution in [0.25, 0.3) is 10.2 Å². The van der Waals surface area contributed by atoms with Gasteiger partial charge in [-0.2, -0.15) is 0 Å². The van der Waals surface area contributed by atoms with E-state index < -0.39 is 0 Å². The first-order valence-electron chi connectivity index (χ1n) is 12.9. The Kier molecular flexibility index (Phi) is 8.16. The lowest BCUT2D eigenvalue weighted by atomic mass is 10.1.